The molecule has 6 nitrogen and oxygen atoms in total. The smallest absolute Gasteiger partial charge is 0.305 e. The van der Waals surface area contributed by atoms with Gasteiger partial charge < -0.3 is 20.3 Å². The van der Waals surface area contributed by atoms with E-state index >= 15 is 0 Å². The number of nitrogens with one attached hydrogen (secondary N) is 1. The fourth-order valence-corrected chi connectivity index (χ4v) is 7.63. The molecule has 360 valence electrons. The first-order valence-electron chi connectivity index (χ1n) is 26.6. The van der Waals surface area contributed by atoms with Crippen LogP contribution in [-0.2, 0) is 14.3 Å². The van der Waals surface area contributed by atoms with E-state index in [1.165, 1.54) is 135 Å². The lowest BCUT2D eigenvalue weighted by molar-refractivity contribution is -0.143. The van der Waals surface area contributed by atoms with E-state index in [1.807, 2.05) is 6.08 Å². The summed E-state index contributed by atoms with van der Waals surface area (Å²) in [6, 6.07) is -0.640. The molecule has 0 rings (SSSR count). The highest BCUT2D eigenvalue weighted by Gasteiger charge is 2.18. The van der Waals surface area contributed by atoms with Gasteiger partial charge >= 0.3 is 5.97 Å². The van der Waals surface area contributed by atoms with Crippen molar-refractivity contribution < 1.29 is 24.5 Å². The molecule has 0 radical (unpaired) electrons. The van der Waals surface area contributed by atoms with Crippen LogP contribution in [0.25, 0.3) is 0 Å². The van der Waals surface area contributed by atoms with Crippen molar-refractivity contribution in [1.29, 1.82) is 0 Å². The second-order valence-corrected chi connectivity index (χ2v) is 17.8. The van der Waals surface area contributed by atoms with Gasteiger partial charge in [-0.1, -0.05) is 203 Å². The summed E-state index contributed by atoms with van der Waals surface area (Å²) in [5.74, 6) is -0.118. The van der Waals surface area contributed by atoms with Crippen LogP contribution in [0.4, 0.5) is 0 Å². The maximum Gasteiger partial charge on any atom is 0.305 e. The van der Waals surface area contributed by atoms with E-state index < -0.39 is 12.1 Å². The van der Waals surface area contributed by atoms with Crippen LogP contribution in [0, 0.1) is 0 Å². The minimum Gasteiger partial charge on any atom is -0.466 e. The summed E-state index contributed by atoms with van der Waals surface area (Å²) in [5.41, 5.74) is 0. The molecule has 0 saturated carbocycles. The van der Waals surface area contributed by atoms with E-state index in [4.69, 9.17) is 4.74 Å². The number of carbonyl (C=O) groups excluding carboxylic acids is 2. The number of allylic oxidation sites excluding steroid dienone is 9. The summed E-state index contributed by atoms with van der Waals surface area (Å²) in [7, 11) is 0. The van der Waals surface area contributed by atoms with E-state index in [2.05, 4.69) is 67.8 Å². The van der Waals surface area contributed by atoms with Crippen LogP contribution in [0.15, 0.2) is 60.8 Å². The van der Waals surface area contributed by atoms with Gasteiger partial charge in [0.2, 0.25) is 5.91 Å². The molecule has 0 heterocycles. The first-order valence-corrected chi connectivity index (χ1v) is 26.6. The number of aliphatic hydroxyl groups excluding tert-OH is 2. The van der Waals surface area contributed by atoms with Gasteiger partial charge in [0.1, 0.15) is 0 Å². The molecule has 0 aliphatic rings. The van der Waals surface area contributed by atoms with Crippen molar-refractivity contribution in [2.24, 2.45) is 0 Å². The number of carbonyl (C=O) groups is 2. The van der Waals surface area contributed by atoms with Crippen LogP contribution in [-0.4, -0.2) is 47.4 Å². The van der Waals surface area contributed by atoms with Crippen LogP contribution in [0.5, 0.6) is 0 Å². The Balaban J connectivity index is 3.54. The fourth-order valence-electron chi connectivity index (χ4n) is 7.63. The predicted molar refractivity (Wildman–Crippen MR) is 268 cm³/mol. The van der Waals surface area contributed by atoms with Crippen molar-refractivity contribution in [2.75, 3.05) is 13.2 Å². The van der Waals surface area contributed by atoms with E-state index in [0.717, 1.165) is 96.3 Å². The summed E-state index contributed by atoms with van der Waals surface area (Å²) in [6.07, 6.45) is 65.1. The van der Waals surface area contributed by atoms with Crippen LogP contribution in [0.1, 0.15) is 258 Å². The summed E-state index contributed by atoms with van der Waals surface area (Å²) >= 11 is 0. The van der Waals surface area contributed by atoms with Crippen molar-refractivity contribution in [2.45, 2.75) is 270 Å². The highest BCUT2D eigenvalue weighted by molar-refractivity contribution is 5.76. The van der Waals surface area contributed by atoms with Gasteiger partial charge in [-0.25, -0.2) is 0 Å². The SMILES string of the molecule is CCCCCC/C=C\C/C=C\CCCCCCCC(=O)OCCCCC/C=C\C/C=C\CCCCCCCCCC(=O)NC(CO)C(O)/C=C/CCCCCCCCCCCC. The zero-order chi connectivity index (χ0) is 45.1. The number of aliphatic hydroxyl groups is 2. The quantitative estimate of drug-likeness (QED) is 0.0322. The molecule has 62 heavy (non-hydrogen) atoms. The summed E-state index contributed by atoms with van der Waals surface area (Å²) in [5, 5.41) is 23.0. The van der Waals surface area contributed by atoms with E-state index in [-0.39, 0.29) is 18.5 Å². The first kappa shape index (κ1) is 59.6. The molecule has 0 aromatic heterocycles. The minimum absolute atomic E-state index is 0.0311. The topological polar surface area (TPSA) is 95.9 Å². The molecule has 0 aliphatic heterocycles. The van der Waals surface area contributed by atoms with E-state index in [0.29, 0.717) is 19.4 Å². The fraction of sp³-hybridized carbons (Fsp3) is 0.786. The monoisotopic (exact) mass is 868 g/mol. The van der Waals surface area contributed by atoms with Crippen molar-refractivity contribution in [3.05, 3.63) is 60.8 Å². The Morgan fingerprint density at radius 1 is 0.452 bits per heavy atom. The molecule has 3 N–H and O–H groups in total. The number of hydrogen-bond acceptors (Lipinski definition) is 5. The molecule has 0 aliphatic carbocycles. The van der Waals surface area contributed by atoms with Crippen molar-refractivity contribution >= 4 is 11.9 Å². The molecule has 0 saturated heterocycles. The number of amides is 1. The van der Waals surface area contributed by atoms with Crippen LogP contribution in [0.3, 0.4) is 0 Å². The molecule has 2 atom stereocenters. The molecule has 0 aromatic carbocycles. The summed E-state index contributed by atoms with van der Waals surface area (Å²) in [6.45, 7) is 4.81. The molecule has 6 heteroatoms. The van der Waals surface area contributed by atoms with Crippen molar-refractivity contribution in [3.63, 3.8) is 0 Å². The van der Waals surface area contributed by atoms with Gasteiger partial charge in [0.15, 0.2) is 0 Å². The molecule has 2 unspecified atom stereocenters. The molecule has 0 spiro atoms. The largest absolute Gasteiger partial charge is 0.466 e. The molecular formula is C56H101NO5. The third-order valence-corrected chi connectivity index (χ3v) is 11.8. The lowest BCUT2D eigenvalue weighted by Gasteiger charge is -2.20. The highest BCUT2D eigenvalue weighted by Crippen LogP contribution is 2.14. The Kier molecular flexibility index (Phi) is 49.2. The van der Waals surface area contributed by atoms with Gasteiger partial charge in [-0.15, -0.1) is 0 Å². The maximum atomic E-state index is 12.4. The van der Waals surface area contributed by atoms with Crippen LogP contribution >= 0.6 is 0 Å². The predicted octanol–water partition coefficient (Wildman–Crippen LogP) is 16.0. The van der Waals surface area contributed by atoms with E-state index in [1.54, 1.807) is 6.08 Å². The molecule has 0 fully saturated rings. The third kappa shape index (κ3) is 47.0. The Bertz CT molecular complexity index is 1090. The summed E-state index contributed by atoms with van der Waals surface area (Å²) in [4.78, 5) is 24.4. The number of rotatable bonds is 48. The highest BCUT2D eigenvalue weighted by atomic mass is 16.5. The number of hydrogen-bond donors (Lipinski definition) is 3. The minimum atomic E-state index is -0.855. The average Bonchev–Trinajstić information content (AvgIpc) is 3.27. The zero-order valence-corrected chi connectivity index (χ0v) is 40.8. The molecule has 0 aromatic rings. The molecular weight excluding hydrogens is 767 g/mol. The Hall–Kier alpha value is -2.44. The van der Waals surface area contributed by atoms with Crippen molar-refractivity contribution in [3.8, 4) is 0 Å². The second kappa shape index (κ2) is 51.2. The lowest BCUT2D eigenvalue weighted by atomic mass is 10.1. The number of ether oxygens (including phenoxy) is 1. The number of esters is 1. The average molecular weight is 868 g/mol. The third-order valence-electron chi connectivity index (χ3n) is 11.8. The Labute approximate surface area is 384 Å². The zero-order valence-electron chi connectivity index (χ0n) is 40.8. The van der Waals surface area contributed by atoms with Gasteiger partial charge in [-0.2, -0.15) is 0 Å². The van der Waals surface area contributed by atoms with Gasteiger partial charge in [0, 0.05) is 12.8 Å². The van der Waals surface area contributed by atoms with Crippen LogP contribution < -0.4 is 5.32 Å². The lowest BCUT2D eigenvalue weighted by Crippen LogP contribution is -2.45. The Morgan fingerprint density at radius 3 is 1.24 bits per heavy atom. The maximum absolute atomic E-state index is 12.4. The first-order chi connectivity index (χ1) is 30.5. The Morgan fingerprint density at radius 2 is 0.806 bits per heavy atom. The second-order valence-electron chi connectivity index (χ2n) is 17.8. The van der Waals surface area contributed by atoms with Gasteiger partial charge in [-0.3, -0.25) is 9.59 Å². The standard InChI is InChI=1S/C56H101NO5/c1-3-5-7-9-11-13-15-17-18-23-26-30-34-38-42-46-50-56(61)62-51-47-43-39-35-31-27-24-21-19-20-22-25-29-33-37-41-45-49-55(60)57-53(52-58)54(59)48-44-40-36-32-28-16-14-12-10-8-6-4-2/h13,15,18-19,21,23,27,31,44,48,53-54,58-59H,3-12,14,16-17,20,22,24-26,28-30,32-43,45-47,49-52H2,1-2H3,(H,57,60)/b15-13-,21-19-,23-18-,31-27-,48-44+. The summed E-state index contributed by atoms with van der Waals surface area (Å²) < 4.78 is 5.44. The van der Waals surface area contributed by atoms with Crippen LogP contribution in [0.2, 0.25) is 0 Å². The molecule has 0 bridgehead atoms. The van der Waals surface area contributed by atoms with Gasteiger partial charge in [0.25, 0.3) is 0 Å². The van der Waals surface area contributed by atoms with Crippen molar-refractivity contribution in [1.82, 2.24) is 5.32 Å². The normalized spacial score (nSPS) is 13.2. The molecule has 1 amide bonds. The van der Waals surface area contributed by atoms with E-state index in [9.17, 15) is 19.8 Å². The number of unbranched alkanes of at least 4 members (excludes halogenated alkanes) is 29. The van der Waals surface area contributed by atoms with Gasteiger partial charge in [0.05, 0.1) is 25.4 Å². The van der Waals surface area contributed by atoms with Gasteiger partial charge in [-0.05, 0) is 103 Å².